The monoisotopic (exact) mass is 315 g/mol. The van der Waals surface area contributed by atoms with Crippen LogP contribution in [0.4, 0.5) is 5.69 Å². The van der Waals surface area contributed by atoms with Crippen LogP contribution in [0.3, 0.4) is 0 Å². The van der Waals surface area contributed by atoms with Crippen LogP contribution in [-0.2, 0) is 0 Å². The fraction of sp³-hybridized carbons (Fsp3) is 0.176. The Morgan fingerprint density at radius 3 is 2.77 bits per heavy atom. The molecule has 3 rings (SSSR count). The molecule has 0 aliphatic carbocycles. The molecule has 0 fully saturated rings. The number of carbonyl (C=O) groups is 2. The van der Waals surface area contributed by atoms with E-state index in [9.17, 15) is 9.59 Å². The fourth-order valence-corrected chi connectivity index (χ4v) is 2.75. The Morgan fingerprint density at radius 2 is 2.05 bits per heavy atom. The van der Waals surface area contributed by atoms with Crippen LogP contribution in [0.2, 0.25) is 5.02 Å². The van der Waals surface area contributed by atoms with Crippen molar-refractivity contribution in [2.24, 2.45) is 0 Å². The SMILES string of the molecule is COc1ccc2c(c1)C(=O)CCN2C(=O)c1cccc(Cl)c1. The third kappa shape index (κ3) is 2.57. The van der Waals surface area contributed by atoms with Crippen molar-refractivity contribution in [1.82, 2.24) is 0 Å². The van der Waals surface area contributed by atoms with E-state index in [1.54, 1.807) is 54.5 Å². The molecule has 0 atom stereocenters. The lowest BCUT2D eigenvalue weighted by molar-refractivity contribution is 0.0955. The number of rotatable bonds is 2. The van der Waals surface area contributed by atoms with Gasteiger partial charge in [-0.3, -0.25) is 9.59 Å². The summed E-state index contributed by atoms with van der Waals surface area (Å²) in [5.41, 5.74) is 1.63. The zero-order valence-corrected chi connectivity index (χ0v) is 12.8. The fourth-order valence-electron chi connectivity index (χ4n) is 2.56. The first kappa shape index (κ1) is 14.6. The van der Waals surface area contributed by atoms with Gasteiger partial charge < -0.3 is 9.64 Å². The zero-order valence-electron chi connectivity index (χ0n) is 12.0. The molecule has 1 heterocycles. The third-order valence-electron chi connectivity index (χ3n) is 3.67. The number of benzene rings is 2. The minimum Gasteiger partial charge on any atom is -0.497 e. The van der Waals surface area contributed by atoms with Crippen molar-refractivity contribution in [1.29, 1.82) is 0 Å². The van der Waals surface area contributed by atoms with Crippen molar-refractivity contribution in [3.63, 3.8) is 0 Å². The lowest BCUT2D eigenvalue weighted by Gasteiger charge is -2.29. The van der Waals surface area contributed by atoms with Crippen molar-refractivity contribution < 1.29 is 14.3 Å². The highest BCUT2D eigenvalue weighted by Crippen LogP contribution is 2.31. The summed E-state index contributed by atoms with van der Waals surface area (Å²) in [5, 5.41) is 0.508. The maximum Gasteiger partial charge on any atom is 0.258 e. The number of anilines is 1. The second kappa shape index (κ2) is 5.81. The molecule has 22 heavy (non-hydrogen) atoms. The summed E-state index contributed by atoms with van der Waals surface area (Å²) in [5.74, 6) is 0.453. The Morgan fingerprint density at radius 1 is 1.23 bits per heavy atom. The van der Waals surface area contributed by atoms with Crippen molar-refractivity contribution in [3.8, 4) is 5.75 Å². The predicted octanol–water partition coefficient (Wildman–Crippen LogP) is 3.58. The number of hydrogen-bond donors (Lipinski definition) is 0. The van der Waals surface area contributed by atoms with E-state index < -0.39 is 0 Å². The number of fused-ring (bicyclic) bond motifs is 1. The number of halogens is 1. The van der Waals surface area contributed by atoms with E-state index in [-0.39, 0.29) is 11.7 Å². The molecule has 1 aliphatic heterocycles. The van der Waals surface area contributed by atoms with E-state index in [4.69, 9.17) is 16.3 Å². The molecular formula is C17H14ClNO3. The number of Topliss-reactive ketones (excluding diaryl/α,β-unsaturated/α-hetero) is 1. The van der Waals surface area contributed by atoms with Gasteiger partial charge in [-0.1, -0.05) is 17.7 Å². The second-order valence-corrected chi connectivity index (χ2v) is 5.46. The number of ketones is 1. The minimum atomic E-state index is -0.165. The van der Waals surface area contributed by atoms with Crippen LogP contribution in [0.15, 0.2) is 42.5 Å². The smallest absolute Gasteiger partial charge is 0.258 e. The molecule has 0 N–H and O–H groups in total. The van der Waals surface area contributed by atoms with E-state index in [1.807, 2.05) is 0 Å². The first-order valence-corrected chi connectivity index (χ1v) is 7.26. The molecule has 2 aromatic rings. The number of nitrogens with zero attached hydrogens (tertiary/aromatic N) is 1. The number of methoxy groups -OCH3 is 1. The van der Waals surface area contributed by atoms with Gasteiger partial charge in [0.25, 0.3) is 5.91 Å². The second-order valence-electron chi connectivity index (χ2n) is 5.02. The van der Waals surface area contributed by atoms with Crippen LogP contribution in [0.5, 0.6) is 5.75 Å². The average Bonchev–Trinajstić information content (AvgIpc) is 2.54. The van der Waals surface area contributed by atoms with Gasteiger partial charge in [0.1, 0.15) is 5.75 Å². The quantitative estimate of drug-likeness (QED) is 0.851. The van der Waals surface area contributed by atoms with E-state index in [0.29, 0.717) is 40.6 Å². The first-order valence-electron chi connectivity index (χ1n) is 6.89. The van der Waals surface area contributed by atoms with Gasteiger partial charge in [0.2, 0.25) is 0 Å². The Balaban J connectivity index is 2.02. The highest BCUT2D eigenvalue weighted by Gasteiger charge is 2.28. The number of amides is 1. The summed E-state index contributed by atoms with van der Waals surface area (Å²) in [7, 11) is 1.55. The highest BCUT2D eigenvalue weighted by molar-refractivity contribution is 6.31. The third-order valence-corrected chi connectivity index (χ3v) is 3.91. The van der Waals surface area contributed by atoms with Crippen LogP contribution in [0.25, 0.3) is 0 Å². The topological polar surface area (TPSA) is 46.6 Å². The summed E-state index contributed by atoms with van der Waals surface area (Å²) in [6.07, 6.45) is 0.298. The van der Waals surface area contributed by atoms with Gasteiger partial charge in [0.15, 0.2) is 5.78 Å². The molecule has 1 amide bonds. The molecule has 0 radical (unpaired) electrons. The van der Waals surface area contributed by atoms with E-state index in [2.05, 4.69) is 0 Å². The van der Waals surface area contributed by atoms with Crippen LogP contribution in [0.1, 0.15) is 27.1 Å². The summed E-state index contributed by atoms with van der Waals surface area (Å²) in [4.78, 5) is 26.4. The van der Waals surface area contributed by atoms with Crippen molar-refractivity contribution in [2.45, 2.75) is 6.42 Å². The van der Waals surface area contributed by atoms with Crippen molar-refractivity contribution >= 4 is 29.0 Å². The van der Waals surface area contributed by atoms with Crippen molar-refractivity contribution in [2.75, 3.05) is 18.6 Å². The van der Waals surface area contributed by atoms with Crippen LogP contribution >= 0.6 is 11.6 Å². The van der Waals surface area contributed by atoms with Gasteiger partial charge >= 0.3 is 0 Å². The predicted molar refractivity (Wildman–Crippen MR) is 85.1 cm³/mol. The maximum atomic E-state index is 12.7. The van der Waals surface area contributed by atoms with Crippen LogP contribution in [-0.4, -0.2) is 25.3 Å². The number of hydrogen-bond acceptors (Lipinski definition) is 3. The van der Waals surface area contributed by atoms with Crippen LogP contribution < -0.4 is 9.64 Å². The van der Waals surface area contributed by atoms with E-state index in [0.717, 1.165) is 0 Å². The van der Waals surface area contributed by atoms with Gasteiger partial charge in [0, 0.05) is 29.1 Å². The molecule has 0 saturated heterocycles. The van der Waals surface area contributed by atoms with Gasteiger partial charge in [-0.15, -0.1) is 0 Å². The summed E-state index contributed by atoms with van der Waals surface area (Å²) >= 11 is 5.95. The summed E-state index contributed by atoms with van der Waals surface area (Å²) in [6, 6.07) is 12.0. The average molecular weight is 316 g/mol. The van der Waals surface area contributed by atoms with E-state index >= 15 is 0 Å². The molecule has 0 bridgehead atoms. The Kier molecular flexibility index (Phi) is 3.86. The highest BCUT2D eigenvalue weighted by atomic mass is 35.5. The number of ether oxygens (including phenoxy) is 1. The first-order chi connectivity index (χ1) is 10.6. The van der Waals surface area contributed by atoms with Gasteiger partial charge in [-0.05, 0) is 36.4 Å². The Hall–Kier alpha value is -2.33. The summed E-state index contributed by atoms with van der Waals surface area (Å²) < 4.78 is 5.15. The molecule has 5 heteroatoms. The molecule has 0 unspecified atom stereocenters. The molecule has 0 aromatic heterocycles. The normalized spacial score (nSPS) is 13.7. The Bertz CT molecular complexity index is 757. The summed E-state index contributed by atoms with van der Waals surface area (Å²) in [6.45, 7) is 0.365. The standard InChI is InChI=1S/C17H14ClNO3/c1-22-13-5-6-15-14(10-13)16(20)7-8-19(15)17(21)11-3-2-4-12(18)9-11/h2-6,9-10H,7-8H2,1H3. The maximum absolute atomic E-state index is 12.7. The largest absolute Gasteiger partial charge is 0.497 e. The molecule has 112 valence electrons. The molecule has 4 nitrogen and oxygen atoms in total. The minimum absolute atomic E-state index is 0.0176. The lowest BCUT2D eigenvalue weighted by atomic mass is 9.99. The van der Waals surface area contributed by atoms with Crippen LogP contribution in [0, 0.1) is 0 Å². The zero-order chi connectivity index (χ0) is 15.7. The Labute approximate surface area is 133 Å². The number of carbonyl (C=O) groups excluding carboxylic acids is 2. The molecule has 1 aliphatic rings. The lowest BCUT2D eigenvalue weighted by Crippen LogP contribution is -2.37. The van der Waals surface area contributed by atoms with E-state index in [1.165, 1.54) is 0 Å². The molecule has 0 spiro atoms. The van der Waals surface area contributed by atoms with Gasteiger partial charge in [-0.25, -0.2) is 0 Å². The molecular weight excluding hydrogens is 302 g/mol. The van der Waals surface area contributed by atoms with Gasteiger partial charge in [-0.2, -0.15) is 0 Å². The van der Waals surface area contributed by atoms with Gasteiger partial charge in [0.05, 0.1) is 12.8 Å². The molecule has 0 saturated carbocycles. The molecule has 2 aromatic carbocycles. The van der Waals surface area contributed by atoms with Crippen molar-refractivity contribution in [3.05, 3.63) is 58.6 Å².